The topological polar surface area (TPSA) is 24.1 Å². The molecule has 2 nitrogen and oxygen atoms in total. The van der Waals surface area contributed by atoms with Crippen LogP contribution >= 0.6 is 0 Å². The molecular weight excluding hydrogens is 484 g/mol. The summed E-state index contributed by atoms with van der Waals surface area (Å²) in [6.07, 6.45) is 0. The van der Waals surface area contributed by atoms with Crippen molar-refractivity contribution in [2.45, 2.75) is 13.8 Å². The van der Waals surface area contributed by atoms with Crippen molar-refractivity contribution in [2.24, 2.45) is 0 Å². The molecule has 40 heavy (non-hydrogen) atoms. The van der Waals surface area contributed by atoms with Gasteiger partial charge in [0.05, 0.1) is 0 Å². The largest absolute Gasteiger partial charge is 0.356 e. The minimum atomic E-state index is 1.07. The summed E-state index contributed by atoms with van der Waals surface area (Å²) in [5.74, 6) is 0. The molecule has 0 aliphatic heterocycles. The maximum Gasteiger partial charge on any atom is 0.0384 e. The zero-order valence-electron chi connectivity index (χ0n) is 22.9. The van der Waals surface area contributed by atoms with Crippen LogP contribution < -0.4 is 10.6 Å². The van der Waals surface area contributed by atoms with Crippen molar-refractivity contribution in [3.63, 3.8) is 0 Å². The van der Waals surface area contributed by atoms with E-state index in [0.717, 1.165) is 22.7 Å². The molecule has 0 saturated heterocycles. The van der Waals surface area contributed by atoms with Gasteiger partial charge in [-0.2, -0.15) is 0 Å². The van der Waals surface area contributed by atoms with Crippen LogP contribution in [0.5, 0.6) is 0 Å². The van der Waals surface area contributed by atoms with Gasteiger partial charge in [0.2, 0.25) is 0 Å². The van der Waals surface area contributed by atoms with Gasteiger partial charge in [-0.3, -0.25) is 0 Å². The average Bonchev–Trinajstić information content (AvgIpc) is 3.00. The number of rotatable bonds is 7. The Morgan fingerprint density at radius 1 is 0.300 bits per heavy atom. The van der Waals surface area contributed by atoms with Crippen LogP contribution in [0.25, 0.3) is 33.4 Å². The Bertz CT molecular complexity index is 1580. The molecule has 0 spiro atoms. The summed E-state index contributed by atoms with van der Waals surface area (Å²) in [5, 5.41) is 7.01. The van der Waals surface area contributed by atoms with Crippen molar-refractivity contribution in [1.82, 2.24) is 0 Å². The third kappa shape index (κ3) is 5.67. The van der Waals surface area contributed by atoms with Gasteiger partial charge in [0.25, 0.3) is 0 Å². The first-order chi connectivity index (χ1) is 19.6. The molecule has 6 aromatic carbocycles. The Morgan fingerprint density at radius 3 is 0.900 bits per heavy atom. The first-order valence-electron chi connectivity index (χ1n) is 13.7. The number of aryl methyl sites for hydroxylation is 2. The molecule has 6 aromatic rings. The highest BCUT2D eigenvalue weighted by atomic mass is 14.9. The maximum atomic E-state index is 3.50. The van der Waals surface area contributed by atoms with Gasteiger partial charge in [-0.05, 0) is 95.8 Å². The van der Waals surface area contributed by atoms with Gasteiger partial charge < -0.3 is 10.6 Å². The highest BCUT2D eigenvalue weighted by Gasteiger charge is 2.12. The van der Waals surface area contributed by atoms with E-state index in [0.29, 0.717) is 0 Å². The summed E-state index contributed by atoms with van der Waals surface area (Å²) >= 11 is 0. The summed E-state index contributed by atoms with van der Waals surface area (Å²) in [4.78, 5) is 0. The Morgan fingerprint density at radius 2 is 0.575 bits per heavy atom. The zero-order chi connectivity index (χ0) is 27.3. The maximum absolute atomic E-state index is 3.50. The summed E-state index contributed by atoms with van der Waals surface area (Å²) in [6.45, 7) is 4.21. The SMILES string of the molecule is Cc1ccc(Nc2ccc(-c3ccccc3-c3ccccc3-c3ccc(Nc4ccc(C)cc4)cc3)cc2)cc1. The monoisotopic (exact) mass is 516 g/mol. The lowest BCUT2D eigenvalue weighted by atomic mass is 9.89. The summed E-state index contributed by atoms with van der Waals surface area (Å²) in [6, 6.07) is 51.7. The van der Waals surface area contributed by atoms with Gasteiger partial charge in [-0.1, -0.05) is 108 Å². The molecule has 6 rings (SSSR count). The van der Waals surface area contributed by atoms with Gasteiger partial charge in [0.1, 0.15) is 0 Å². The molecule has 2 N–H and O–H groups in total. The summed E-state index contributed by atoms with van der Waals surface area (Å²) < 4.78 is 0. The Kier molecular flexibility index (Phi) is 7.15. The van der Waals surface area contributed by atoms with E-state index in [9.17, 15) is 0 Å². The molecule has 0 amide bonds. The van der Waals surface area contributed by atoms with Gasteiger partial charge in [-0.15, -0.1) is 0 Å². The van der Waals surface area contributed by atoms with E-state index in [1.54, 1.807) is 0 Å². The van der Waals surface area contributed by atoms with Gasteiger partial charge in [-0.25, -0.2) is 0 Å². The molecule has 0 bridgehead atoms. The summed E-state index contributed by atoms with van der Waals surface area (Å²) in [5.41, 5.74) is 14.1. The molecule has 0 aliphatic carbocycles. The van der Waals surface area contributed by atoms with Gasteiger partial charge >= 0.3 is 0 Å². The number of anilines is 4. The van der Waals surface area contributed by atoms with E-state index >= 15 is 0 Å². The standard InChI is InChI=1S/C38H32N2/c1-27-11-19-31(20-12-27)39-33-23-15-29(16-24-33)35-7-3-5-9-37(35)38-10-6-4-8-36(38)30-17-25-34(26-18-30)40-32-21-13-28(2)14-22-32/h3-26,39-40H,1-2H3. The lowest BCUT2D eigenvalue weighted by Crippen LogP contribution is -1.92. The molecule has 0 unspecified atom stereocenters. The molecule has 0 aromatic heterocycles. The predicted molar refractivity (Wildman–Crippen MR) is 172 cm³/mol. The van der Waals surface area contributed by atoms with Crippen LogP contribution in [0.2, 0.25) is 0 Å². The van der Waals surface area contributed by atoms with Crippen LogP contribution in [0, 0.1) is 13.8 Å². The molecule has 0 radical (unpaired) electrons. The lowest BCUT2D eigenvalue weighted by molar-refractivity contribution is 1.45. The van der Waals surface area contributed by atoms with Crippen LogP contribution in [-0.4, -0.2) is 0 Å². The Hall–Kier alpha value is -5.08. The lowest BCUT2D eigenvalue weighted by Gasteiger charge is -2.16. The Labute approximate surface area is 237 Å². The molecule has 0 saturated carbocycles. The highest BCUT2D eigenvalue weighted by molar-refractivity contribution is 5.92. The number of hydrogen-bond acceptors (Lipinski definition) is 2. The van der Waals surface area contributed by atoms with Crippen molar-refractivity contribution in [3.05, 3.63) is 157 Å². The first kappa shape index (κ1) is 25.2. The van der Waals surface area contributed by atoms with E-state index in [1.165, 1.54) is 44.5 Å². The van der Waals surface area contributed by atoms with Crippen LogP contribution in [0.1, 0.15) is 11.1 Å². The van der Waals surface area contributed by atoms with E-state index in [4.69, 9.17) is 0 Å². The molecule has 2 heteroatoms. The van der Waals surface area contributed by atoms with Gasteiger partial charge in [0.15, 0.2) is 0 Å². The van der Waals surface area contributed by atoms with Crippen molar-refractivity contribution in [2.75, 3.05) is 10.6 Å². The third-order valence-corrected chi connectivity index (χ3v) is 7.22. The van der Waals surface area contributed by atoms with E-state index in [-0.39, 0.29) is 0 Å². The van der Waals surface area contributed by atoms with Crippen LogP contribution in [0.4, 0.5) is 22.7 Å². The minimum Gasteiger partial charge on any atom is -0.356 e. The van der Waals surface area contributed by atoms with Crippen LogP contribution in [0.3, 0.4) is 0 Å². The second kappa shape index (κ2) is 11.3. The van der Waals surface area contributed by atoms with E-state index in [1.807, 2.05) is 0 Å². The van der Waals surface area contributed by atoms with Crippen molar-refractivity contribution >= 4 is 22.7 Å². The molecule has 0 fully saturated rings. The smallest absolute Gasteiger partial charge is 0.0384 e. The van der Waals surface area contributed by atoms with Gasteiger partial charge in [0, 0.05) is 22.7 Å². The Balaban J connectivity index is 1.28. The number of hydrogen-bond donors (Lipinski definition) is 2. The molecule has 0 aliphatic rings. The zero-order valence-corrected chi connectivity index (χ0v) is 22.9. The van der Waals surface area contributed by atoms with Crippen LogP contribution in [-0.2, 0) is 0 Å². The highest BCUT2D eigenvalue weighted by Crippen LogP contribution is 2.38. The molecular formula is C38H32N2. The van der Waals surface area contributed by atoms with Crippen molar-refractivity contribution < 1.29 is 0 Å². The fraction of sp³-hybridized carbons (Fsp3) is 0.0526. The third-order valence-electron chi connectivity index (χ3n) is 7.22. The second-order valence-corrected chi connectivity index (χ2v) is 10.2. The predicted octanol–water partition coefficient (Wildman–Crippen LogP) is 10.8. The quantitative estimate of drug-likeness (QED) is 0.220. The molecule has 194 valence electrons. The second-order valence-electron chi connectivity index (χ2n) is 10.2. The first-order valence-corrected chi connectivity index (χ1v) is 13.7. The fourth-order valence-corrected chi connectivity index (χ4v) is 5.01. The number of benzene rings is 6. The van der Waals surface area contributed by atoms with Crippen molar-refractivity contribution in [3.8, 4) is 33.4 Å². The van der Waals surface area contributed by atoms with E-state index in [2.05, 4.69) is 170 Å². The van der Waals surface area contributed by atoms with Crippen LogP contribution in [0.15, 0.2) is 146 Å². The normalized spacial score (nSPS) is 10.8. The molecule has 0 heterocycles. The average molecular weight is 517 g/mol. The van der Waals surface area contributed by atoms with E-state index < -0.39 is 0 Å². The van der Waals surface area contributed by atoms with Crippen molar-refractivity contribution in [1.29, 1.82) is 0 Å². The fourth-order valence-electron chi connectivity index (χ4n) is 5.01. The molecule has 0 atom stereocenters. The summed E-state index contributed by atoms with van der Waals surface area (Å²) in [7, 11) is 0. The number of nitrogens with one attached hydrogen (secondary N) is 2. The minimum absolute atomic E-state index is 1.07.